The van der Waals surface area contributed by atoms with Crippen LogP contribution in [-0.2, 0) is 14.9 Å². The van der Waals surface area contributed by atoms with E-state index in [1.807, 2.05) is 17.4 Å². The predicted molar refractivity (Wildman–Crippen MR) is 110 cm³/mol. The molecule has 3 rings (SSSR count). The average Bonchev–Trinajstić information content (AvgIpc) is 3.36. The number of imidazole rings is 1. The van der Waals surface area contributed by atoms with E-state index in [0.29, 0.717) is 6.42 Å². The summed E-state index contributed by atoms with van der Waals surface area (Å²) in [6, 6.07) is 6.71. The molecule has 1 aliphatic rings. The van der Waals surface area contributed by atoms with E-state index in [4.69, 9.17) is 0 Å². The van der Waals surface area contributed by atoms with Gasteiger partial charge < -0.3 is 9.47 Å². The van der Waals surface area contributed by atoms with Gasteiger partial charge in [-0.25, -0.2) is 4.98 Å². The molecule has 2 aromatic rings. The lowest BCUT2D eigenvalue weighted by Crippen LogP contribution is -2.38. The highest BCUT2D eigenvalue weighted by atomic mass is 32.2. The van der Waals surface area contributed by atoms with Crippen molar-refractivity contribution in [3.05, 3.63) is 48.5 Å². The second-order valence-electron chi connectivity index (χ2n) is 7.83. The number of amides is 1. The van der Waals surface area contributed by atoms with Crippen molar-refractivity contribution in [3.63, 3.8) is 0 Å². The fourth-order valence-electron chi connectivity index (χ4n) is 4.22. The van der Waals surface area contributed by atoms with Crippen molar-refractivity contribution in [2.24, 2.45) is 0 Å². The molecule has 1 aromatic carbocycles. The molecule has 1 saturated heterocycles. The number of benzene rings is 1. The monoisotopic (exact) mass is 419 g/mol. The summed E-state index contributed by atoms with van der Waals surface area (Å²) in [7, 11) is -4.19. The van der Waals surface area contributed by atoms with E-state index in [-0.39, 0.29) is 28.8 Å². The zero-order valence-corrected chi connectivity index (χ0v) is 17.8. The smallest absolute Gasteiger partial charge is 0.294 e. The van der Waals surface area contributed by atoms with Gasteiger partial charge in [0.25, 0.3) is 10.1 Å². The number of likely N-dealkylation sites (tertiary alicyclic amines) is 1. The third-order valence-corrected chi connectivity index (χ3v) is 6.75. The van der Waals surface area contributed by atoms with Gasteiger partial charge in [0.1, 0.15) is 0 Å². The van der Waals surface area contributed by atoms with Crippen LogP contribution in [0, 0.1) is 0 Å². The van der Waals surface area contributed by atoms with E-state index in [0.717, 1.165) is 37.8 Å². The van der Waals surface area contributed by atoms with Gasteiger partial charge in [-0.1, -0.05) is 26.0 Å². The van der Waals surface area contributed by atoms with E-state index in [1.54, 1.807) is 18.3 Å². The molecule has 0 bridgehead atoms. The van der Waals surface area contributed by atoms with E-state index in [2.05, 4.69) is 23.4 Å². The number of rotatable bonds is 9. The molecule has 3 unspecified atom stereocenters. The molecular formula is C21H29N3O4S. The van der Waals surface area contributed by atoms with Crippen LogP contribution in [0.25, 0.3) is 0 Å². The molecular weight excluding hydrogens is 390 g/mol. The number of hydrogen-bond acceptors (Lipinski definition) is 4. The minimum Gasteiger partial charge on any atom is -0.340 e. The maximum Gasteiger partial charge on any atom is 0.294 e. The number of carbonyl (C=O) groups is 1. The molecule has 158 valence electrons. The average molecular weight is 420 g/mol. The van der Waals surface area contributed by atoms with Gasteiger partial charge in [0, 0.05) is 37.4 Å². The van der Waals surface area contributed by atoms with Crippen LogP contribution in [0.15, 0.2) is 47.9 Å². The van der Waals surface area contributed by atoms with Crippen molar-refractivity contribution in [2.45, 2.75) is 68.8 Å². The summed E-state index contributed by atoms with van der Waals surface area (Å²) in [6.45, 7) is 5.03. The highest BCUT2D eigenvalue weighted by Crippen LogP contribution is 2.31. The van der Waals surface area contributed by atoms with Crippen molar-refractivity contribution in [3.8, 4) is 0 Å². The maximum atomic E-state index is 12.5. The van der Waals surface area contributed by atoms with Crippen molar-refractivity contribution in [2.75, 3.05) is 6.54 Å². The van der Waals surface area contributed by atoms with E-state index < -0.39 is 10.1 Å². The van der Waals surface area contributed by atoms with Crippen LogP contribution in [0.1, 0.15) is 63.5 Å². The van der Waals surface area contributed by atoms with Gasteiger partial charge in [-0.2, -0.15) is 8.42 Å². The minimum atomic E-state index is -4.19. The van der Waals surface area contributed by atoms with Crippen molar-refractivity contribution < 1.29 is 17.8 Å². The molecule has 8 heteroatoms. The van der Waals surface area contributed by atoms with Gasteiger partial charge in [-0.15, -0.1) is 0 Å². The zero-order valence-electron chi connectivity index (χ0n) is 16.9. The Labute approximate surface area is 172 Å². The van der Waals surface area contributed by atoms with Crippen LogP contribution in [-0.4, -0.2) is 45.9 Å². The molecule has 1 amide bonds. The van der Waals surface area contributed by atoms with Crippen LogP contribution in [0.4, 0.5) is 0 Å². The summed E-state index contributed by atoms with van der Waals surface area (Å²) in [5.41, 5.74) is 0.990. The van der Waals surface area contributed by atoms with Crippen LogP contribution in [0.3, 0.4) is 0 Å². The van der Waals surface area contributed by atoms with Gasteiger partial charge in [-0.05, 0) is 49.3 Å². The minimum absolute atomic E-state index is 0.105. The van der Waals surface area contributed by atoms with Crippen molar-refractivity contribution in [1.82, 2.24) is 14.5 Å². The number of carbonyl (C=O) groups excluding carboxylic acids is 1. The Morgan fingerprint density at radius 3 is 2.41 bits per heavy atom. The molecule has 0 saturated carbocycles. The molecule has 0 spiro atoms. The lowest BCUT2D eigenvalue weighted by Gasteiger charge is -2.33. The maximum absolute atomic E-state index is 12.5. The summed E-state index contributed by atoms with van der Waals surface area (Å²) in [4.78, 5) is 18.5. The van der Waals surface area contributed by atoms with Crippen LogP contribution in [0.5, 0.6) is 0 Å². The predicted octanol–water partition coefficient (Wildman–Crippen LogP) is 3.66. The number of nitrogens with zero attached hydrogens (tertiary/aromatic N) is 3. The van der Waals surface area contributed by atoms with Gasteiger partial charge in [0.2, 0.25) is 5.91 Å². The van der Waals surface area contributed by atoms with Crippen molar-refractivity contribution >= 4 is 16.0 Å². The Bertz CT molecular complexity index is 910. The summed E-state index contributed by atoms with van der Waals surface area (Å²) in [5.74, 6) is 0.355. The highest BCUT2D eigenvalue weighted by molar-refractivity contribution is 7.85. The molecule has 2 heterocycles. The molecule has 29 heavy (non-hydrogen) atoms. The highest BCUT2D eigenvalue weighted by Gasteiger charge is 2.31. The van der Waals surface area contributed by atoms with E-state index >= 15 is 0 Å². The first-order valence-corrected chi connectivity index (χ1v) is 11.6. The lowest BCUT2D eigenvalue weighted by atomic mass is 9.89. The molecule has 7 nitrogen and oxygen atoms in total. The lowest BCUT2D eigenvalue weighted by molar-refractivity contribution is -0.130. The molecule has 0 radical (unpaired) electrons. The first-order chi connectivity index (χ1) is 13.8. The summed E-state index contributed by atoms with van der Waals surface area (Å²) in [6.07, 6.45) is 9.67. The Kier molecular flexibility index (Phi) is 6.74. The van der Waals surface area contributed by atoms with Crippen LogP contribution >= 0.6 is 0 Å². The van der Waals surface area contributed by atoms with E-state index in [1.165, 1.54) is 12.1 Å². The standard InChI is InChI=1S/C21H29N3O4S/c1-3-18(23-12-10-22-15-23)14-19(24-11-4-5-21(24)25)13-16(2)17-6-8-20(9-7-17)29(26,27)28/h6-10,12,15-16,18-19H,3-5,11,13-14H2,1-2H3,(H,26,27,28). The normalized spacial score (nSPS) is 18.0. The molecule has 1 N–H and O–H groups in total. The second kappa shape index (κ2) is 9.09. The first-order valence-electron chi connectivity index (χ1n) is 10.1. The Hall–Kier alpha value is -2.19. The second-order valence-corrected chi connectivity index (χ2v) is 9.25. The fourth-order valence-corrected chi connectivity index (χ4v) is 4.70. The molecule has 0 aliphatic carbocycles. The first kappa shape index (κ1) is 21.5. The largest absolute Gasteiger partial charge is 0.340 e. The third-order valence-electron chi connectivity index (χ3n) is 5.89. The summed E-state index contributed by atoms with van der Waals surface area (Å²) >= 11 is 0. The SMILES string of the molecule is CCC(CC(CC(C)c1ccc(S(=O)(=O)O)cc1)N1CCCC1=O)n1ccnc1. The van der Waals surface area contributed by atoms with E-state index in [9.17, 15) is 17.8 Å². The van der Waals surface area contributed by atoms with Gasteiger partial charge >= 0.3 is 0 Å². The number of hydrogen-bond donors (Lipinski definition) is 1. The van der Waals surface area contributed by atoms with Crippen molar-refractivity contribution in [1.29, 1.82) is 0 Å². The molecule has 1 aliphatic heterocycles. The summed E-state index contributed by atoms with van der Waals surface area (Å²) < 4.78 is 33.8. The Morgan fingerprint density at radius 2 is 1.90 bits per heavy atom. The fraction of sp³-hybridized carbons (Fsp3) is 0.524. The molecule has 1 fully saturated rings. The summed E-state index contributed by atoms with van der Waals surface area (Å²) in [5, 5.41) is 0. The molecule has 3 atom stereocenters. The van der Waals surface area contributed by atoms with Crippen LogP contribution in [0.2, 0.25) is 0 Å². The van der Waals surface area contributed by atoms with Gasteiger partial charge in [-0.3, -0.25) is 9.35 Å². The quantitative estimate of drug-likeness (QED) is 0.626. The van der Waals surface area contributed by atoms with Gasteiger partial charge in [0.15, 0.2) is 0 Å². The topological polar surface area (TPSA) is 92.5 Å². The number of aromatic nitrogens is 2. The van der Waals surface area contributed by atoms with Crippen LogP contribution < -0.4 is 0 Å². The third kappa shape index (κ3) is 5.25. The van der Waals surface area contributed by atoms with Gasteiger partial charge in [0.05, 0.1) is 11.2 Å². The Morgan fingerprint density at radius 1 is 1.17 bits per heavy atom. The Balaban J connectivity index is 1.78. The molecule has 1 aromatic heterocycles. The zero-order chi connectivity index (χ0) is 21.0.